The smallest absolute Gasteiger partial charge is 0.310 e. The van der Waals surface area contributed by atoms with Crippen LogP contribution in [0.1, 0.15) is 30.9 Å². The molecule has 92 valence electrons. The SMILES string of the molecule is CC(C(=O)O)c1ccc2c(c1)S(=O)(=O)C(C)C2. The Morgan fingerprint density at radius 2 is 2.12 bits per heavy atom. The van der Waals surface area contributed by atoms with Gasteiger partial charge in [0.05, 0.1) is 16.1 Å². The van der Waals surface area contributed by atoms with E-state index in [1.54, 1.807) is 26.0 Å². The zero-order valence-corrected chi connectivity index (χ0v) is 10.5. The van der Waals surface area contributed by atoms with Crippen molar-refractivity contribution < 1.29 is 18.3 Å². The number of carbonyl (C=O) groups is 1. The maximum Gasteiger partial charge on any atom is 0.310 e. The molecule has 2 rings (SSSR count). The highest BCUT2D eigenvalue weighted by Crippen LogP contribution is 2.33. The third-order valence-electron chi connectivity index (χ3n) is 3.31. The van der Waals surface area contributed by atoms with Gasteiger partial charge < -0.3 is 5.11 Å². The summed E-state index contributed by atoms with van der Waals surface area (Å²) in [6.07, 6.45) is 0.513. The Bertz CT molecular complexity index is 574. The van der Waals surface area contributed by atoms with Crippen LogP contribution in [0.4, 0.5) is 0 Å². The fourth-order valence-corrected chi connectivity index (χ4v) is 3.70. The highest BCUT2D eigenvalue weighted by Gasteiger charge is 2.34. The van der Waals surface area contributed by atoms with E-state index in [9.17, 15) is 13.2 Å². The van der Waals surface area contributed by atoms with Crippen molar-refractivity contribution in [2.45, 2.75) is 36.3 Å². The van der Waals surface area contributed by atoms with Gasteiger partial charge in [-0.15, -0.1) is 0 Å². The first-order valence-corrected chi connectivity index (χ1v) is 6.98. The van der Waals surface area contributed by atoms with Crippen LogP contribution < -0.4 is 0 Å². The number of rotatable bonds is 2. The number of sulfone groups is 1. The highest BCUT2D eigenvalue weighted by atomic mass is 32.2. The molecule has 0 spiro atoms. The third-order valence-corrected chi connectivity index (χ3v) is 5.52. The second-order valence-corrected chi connectivity index (χ2v) is 6.82. The van der Waals surface area contributed by atoms with Crippen LogP contribution in [0.5, 0.6) is 0 Å². The minimum Gasteiger partial charge on any atom is -0.481 e. The van der Waals surface area contributed by atoms with E-state index in [-0.39, 0.29) is 0 Å². The summed E-state index contributed by atoms with van der Waals surface area (Å²) in [6.45, 7) is 3.23. The predicted molar refractivity (Wildman–Crippen MR) is 62.8 cm³/mol. The number of hydrogen-bond acceptors (Lipinski definition) is 3. The summed E-state index contributed by atoms with van der Waals surface area (Å²) in [5, 5.41) is 8.51. The molecule has 4 nitrogen and oxygen atoms in total. The normalized spacial score (nSPS) is 23.1. The molecule has 0 bridgehead atoms. The first-order valence-electron chi connectivity index (χ1n) is 5.43. The Balaban J connectivity index is 2.53. The van der Waals surface area contributed by atoms with E-state index >= 15 is 0 Å². The molecule has 0 radical (unpaired) electrons. The molecule has 0 aliphatic carbocycles. The molecular weight excluding hydrogens is 240 g/mol. The minimum absolute atomic E-state index is 0.301. The molecule has 0 amide bonds. The first-order chi connectivity index (χ1) is 7.84. The van der Waals surface area contributed by atoms with Gasteiger partial charge in [-0.1, -0.05) is 12.1 Å². The Labute approximate surface area is 100 Å². The zero-order chi connectivity index (χ0) is 12.8. The molecule has 2 atom stereocenters. The molecule has 1 aromatic rings. The van der Waals surface area contributed by atoms with Crippen molar-refractivity contribution >= 4 is 15.8 Å². The van der Waals surface area contributed by atoms with Crippen LogP contribution >= 0.6 is 0 Å². The van der Waals surface area contributed by atoms with Crippen molar-refractivity contribution in [3.63, 3.8) is 0 Å². The van der Waals surface area contributed by atoms with E-state index in [2.05, 4.69) is 0 Å². The molecule has 2 unspecified atom stereocenters. The van der Waals surface area contributed by atoms with Crippen LogP contribution in [0.15, 0.2) is 23.1 Å². The molecule has 0 saturated carbocycles. The summed E-state index contributed by atoms with van der Waals surface area (Å²) in [5.41, 5.74) is 1.33. The van der Waals surface area contributed by atoms with Gasteiger partial charge in [0, 0.05) is 0 Å². The number of carboxylic acids is 1. The van der Waals surface area contributed by atoms with Crippen LogP contribution in [-0.2, 0) is 21.1 Å². The van der Waals surface area contributed by atoms with E-state index in [4.69, 9.17) is 5.11 Å². The summed E-state index contributed by atoms with van der Waals surface area (Å²) in [6, 6.07) is 4.93. The number of fused-ring (bicyclic) bond motifs is 1. The Kier molecular flexibility index (Phi) is 2.73. The van der Waals surface area contributed by atoms with Gasteiger partial charge >= 0.3 is 5.97 Å². The van der Waals surface area contributed by atoms with Gasteiger partial charge in [-0.05, 0) is 37.5 Å². The first kappa shape index (κ1) is 12.1. The molecule has 0 aromatic heterocycles. The van der Waals surface area contributed by atoms with Crippen LogP contribution in [-0.4, -0.2) is 24.7 Å². The fourth-order valence-electron chi connectivity index (χ4n) is 2.05. The number of hydrogen-bond donors (Lipinski definition) is 1. The van der Waals surface area contributed by atoms with Crippen molar-refractivity contribution in [1.29, 1.82) is 0 Å². The predicted octanol–water partition coefficient (Wildman–Crippen LogP) is 1.59. The molecule has 0 saturated heterocycles. The van der Waals surface area contributed by atoms with Crippen molar-refractivity contribution in [3.05, 3.63) is 29.3 Å². The zero-order valence-electron chi connectivity index (χ0n) is 9.67. The summed E-state index contributed by atoms with van der Waals surface area (Å²) in [4.78, 5) is 11.2. The summed E-state index contributed by atoms with van der Waals surface area (Å²) < 4.78 is 24.0. The highest BCUT2D eigenvalue weighted by molar-refractivity contribution is 7.92. The van der Waals surface area contributed by atoms with Crippen molar-refractivity contribution in [3.8, 4) is 0 Å². The largest absolute Gasteiger partial charge is 0.481 e. The van der Waals surface area contributed by atoms with Gasteiger partial charge in [-0.2, -0.15) is 0 Å². The van der Waals surface area contributed by atoms with E-state index in [0.29, 0.717) is 16.9 Å². The van der Waals surface area contributed by atoms with Crippen molar-refractivity contribution in [2.24, 2.45) is 0 Å². The summed E-state index contributed by atoms with van der Waals surface area (Å²) >= 11 is 0. The number of carboxylic acid groups (broad SMARTS) is 1. The van der Waals surface area contributed by atoms with Gasteiger partial charge in [0.25, 0.3) is 0 Å². The second kappa shape index (κ2) is 3.84. The lowest BCUT2D eigenvalue weighted by Gasteiger charge is -2.08. The van der Waals surface area contributed by atoms with Crippen LogP contribution in [0.3, 0.4) is 0 Å². The summed E-state index contributed by atoms with van der Waals surface area (Å²) in [5.74, 6) is -1.64. The summed E-state index contributed by atoms with van der Waals surface area (Å²) in [7, 11) is -3.26. The minimum atomic E-state index is -3.26. The molecule has 1 aliphatic heterocycles. The number of aliphatic carboxylic acids is 1. The van der Waals surface area contributed by atoms with Gasteiger partial charge in [0.2, 0.25) is 0 Å². The van der Waals surface area contributed by atoms with Crippen molar-refractivity contribution in [2.75, 3.05) is 0 Å². The lowest BCUT2D eigenvalue weighted by molar-refractivity contribution is -0.138. The average molecular weight is 254 g/mol. The van der Waals surface area contributed by atoms with E-state index < -0.39 is 27.0 Å². The molecule has 1 N–H and O–H groups in total. The molecule has 5 heteroatoms. The molecule has 1 aliphatic rings. The maximum atomic E-state index is 12.0. The molecule has 0 fully saturated rings. The Hall–Kier alpha value is -1.36. The fraction of sp³-hybridized carbons (Fsp3) is 0.417. The average Bonchev–Trinajstić information content (AvgIpc) is 2.49. The molecular formula is C12H14O4S. The van der Waals surface area contributed by atoms with Crippen LogP contribution in [0, 0.1) is 0 Å². The maximum absolute atomic E-state index is 12.0. The van der Waals surface area contributed by atoms with E-state index in [1.807, 2.05) is 0 Å². The van der Waals surface area contributed by atoms with Gasteiger partial charge in [-0.25, -0.2) is 8.42 Å². The van der Waals surface area contributed by atoms with Gasteiger partial charge in [0.1, 0.15) is 0 Å². The van der Waals surface area contributed by atoms with E-state index in [1.165, 1.54) is 6.07 Å². The lowest BCUT2D eigenvalue weighted by atomic mass is 9.99. The van der Waals surface area contributed by atoms with Crippen LogP contribution in [0.2, 0.25) is 0 Å². The van der Waals surface area contributed by atoms with Crippen LogP contribution in [0.25, 0.3) is 0 Å². The monoisotopic (exact) mass is 254 g/mol. The standard InChI is InChI=1S/C12H14O4S/c1-7-5-10-4-3-9(8(2)12(13)14)6-11(10)17(7,15)16/h3-4,6-8H,5H2,1-2H3,(H,13,14). The molecule has 17 heavy (non-hydrogen) atoms. The Morgan fingerprint density at radius 3 is 2.71 bits per heavy atom. The third kappa shape index (κ3) is 1.84. The number of benzene rings is 1. The van der Waals surface area contributed by atoms with Crippen molar-refractivity contribution in [1.82, 2.24) is 0 Å². The van der Waals surface area contributed by atoms with E-state index in [0.717, 1.165) is 5.56 Å². The molecule has 1 aromatic carbocycles. The topological polar surface area (TPSA) is 71.4 Å². The quantitative estimate of drug-likeness (QED) is 0.870. The second-order valence-electron chi connectivity index (χ2n) is 4.49. The van der Waals surface area contributed by atoms with Gasteiger partial charge in [-0.3, -0.25) is 4.79 Å². The Morgan fingerprint density at radius 1 is 1.47 bits per heavy atom. The van der Waals surface area contributed by atoms with Gasteiger partial charge in [0.15, 0.2) is 9.84 Å². The lowest BCUT2D eigenvalue weighted by Crippen LogP contribution is -2.12. The molecule has 1 heterocycles.